The molecule has 32 heavy (non-hydrogen) atoms. The third-order valence-electron chi connectivity index (χ3n) is 5.41. The van der Waals surface area contributed by atoms with E-state index in [0.29, 0.717) is 12.4 Å². The zero-order valence-corrected chi connectivity index (χ0v) is 19.1. The molecule has 9 heteroatoms. The summed E-state index contributed by atoms with van der Waals surface area (Å²) < 4.78 is 25.9. The van der Waals surface area contributed by atoms with Crippen molar-refractivity contribution in [1.82, 2.24) is 24.8 Å². The monoisotopic (exact) mass is 463 g/mol. The minimum Gasteiger partial charge on any atom is -0.293 e. The second-order valence-corrected chi connectivity index (χ2v) is 11.0. The summed E-state index contributed by atoms with van der Waals surface area (Å²) in [4.78, 5) is 21.1. The van der Waals surface area contributed by atoms with Crippen LogP contribution in [0.3, 0.4) is 0 Å². The van der Waals surface area contributed by atoms with E-state index >= 15 is 0 Å². The van der Waals surface area contributed by atoms with Crippen LogP contribution >= 0.6 is 11.3 Å². The molecule has 0 N–H and O–H groups in total. The first-order valence-corrected chi connectivity index (χ1v) is 12.5. The average molecular weight is 464 g/mol. The van der Waals surface area contributed by atoms with E-state index in [2.05, 4.69) is 19.9 Å². The molecule has 1 aromatic carbocycles. The van der Waals surface area contributed by atoms with Crippen molar-refractivity contribution in [2.24, 2.45) is 0 Å². The van der Waals surface area contributed by atoms with E-state index in [1.165, 1.54) is 11.3 Å². The van der Waals surface area contributed by atoms with Crippen LogP contribution in [-0.2, 0) is 29.3 Å². The van der Waals surface area contributed by atoms with E-state index in [-0.39, 0.29) is 9.24 Å². The molecule has 4 aromatic rings. The minimum atomic E-state index is -3.59. The van der Waals surface area contributed by atoms with Gasteiger partial charge in [0, 0.05) is 66.8 Å². The summed E-state index contributed by atoms with van der Waals surface area (Å²) in [6, 6.07) is 10.7. The maximum atomic E-state index is 12.9. The number of aryl methyl sites for hydroxylation is 1. The highest BCUT2D eigenvalue weighted by molar-refractivity contribution is 7.93. The van der Waals surface area contributed by atoms with Crippen LogP contribution in [0.5, 0.6) is 0 Å². The predicted octanol–water partition coefficient (Wildman–Crippen LogP) is 3.69. The first kappa shape index (κ1) is 20.9. The summed E-state index contributed by atoms with van der Waals surface area (Å²) in [5.41, 5.74) is 4.08. The number of sulfone groups is 1. The van der Waals surface area contributed by atoms with Crippen molar-refractivity contribution in [3.05, 3.63) is 82.9 Å². The third kappa shape index (κ3) is 4.19. The molecular formula is C23H21N5O2S2. The minimum absolute atomic E-state index is 0.137. The Balaban J connectivity index is 1.30. The van der Waals surface area contributed by atoms with E-state index in [1.807, 2.05) is 25.3 Å². The number of thiazole rings is 1. The van der Waals surface area contributed by atoms with Crippen molar-refractivity contribution >= 4 is 21.2 Å². The second-order valence-electron chi connectivity index (χ2n) is 7.78. The number of benzene rings is 1. The van der Waals surface area contributed by atoms with Gasteiger partial charge in [0.1, 0.15) is 0 Å². The Morgan fingerprint density at radius 3 is 2.69 bits per heavy atom. The quantitative estimate of drug-likeness (QED) is 0.446. The van der Waals surface area contributed by atoms with E-state index in [0.717, 1.165) is 46.8 Å². The number of fused-ring (bicyclic) bond motifs is 1. The van der Waals surface area contributed by atoms with Crippen LogP contribution in [-0.4, -0.2) is 39.8 Å². The first-order valence-electron chi connectivity index (χ1n) is 10.2. The molecule has 0 bridgehead atoms. The third-order valence-corrected chi connectivity index (χ3v) is 8.55. The zero-order chi connectivity index (χ0) is 22.1. The summed E-state index contributed by atoms with van der Waals surface area (Å²) in [6.45, 7) is 4.14. The fourth-order valence-electron chi connectivity index (χ4n) is 3.67. The number of rotatable bonds is 5. The standard InChI is InChI=1S/C23H21N5O2S2/c1-16-4-6-20(7-5-16)32(29,30)23-26-13-19(31-23)15-28-10-8-21-18(14-28)12-25-22(27-21)17-3-2-9-24-11-17/h2-7,9,11-13H,8,10,14-15H2,1H3. The Morgan fingerprint density at radius 2 is 1.91 bits per heavy atom. The molecular weight excluding hydrogens is 442 g/mol. The highest BCUT2D eigenvalue weighted by atomic mass is 32.2. The fraction of sp³-hybridized carbons (Fsp3) is 0.217. The lowest BCUT2D eigenvalue weighted by Crippen LogP contribution is -2.30. The maximum Gasteiger partial charge on any atom is 0.233 e. The molecule has 0 aliphatic carbocycles. The van der Waals surface area contributed by atoms with Gasteiger partial charge in [-0.25, -0.2) is 23.4 Å². The Morgan fingerprint density at radius 1 is 1.06 bits per heavy atom. The SMILES string of the molecule is Cc1ccc(S(=O)(=O)c2ncc(CN3CCc4nc(-c5cccnc5)ncc4C3)s2)cc1. The van der Waals surface area contributed by atoms with Gasteiger partial charge in [0.2, 0.25) is 14.2 Å². The molecule has 5 rings (SSSR count). The van der Waals surface area contributed by atoms with E-state index in [9.17, 15) is 8.42 Å². The normalized spacial score (nSPS) is 14.3. The molecule has 3 aromatic heterocycles. The van der Waals surface area contributed by atoms with E-state index in [1.54, 1.807) is 42.9 Å². The highest BCUT2D eigenvalue weighted by Crippen LogP contribution is 2.28. The molecule has 4 heterocycles. The van der Waals surface area contributed by atoms with Gasteiger partial charge in [0.15, 0.2) is 5.82 Å². The van der Waals surface area contributed by atoms with Crippen molar-refractivity contribution in [2.45, 2.75) is 35.7 Å². The van der Waals surface area contributed by atoms with Crippen molar-refractivity contribution in [3.63, 3.8) is 0 Å². The first-order chi connectivity index (χ1) is 15.5. The van der Waals surface area contributed by atoms with Crippen molar-refractivity contribution < 1.29 is 8.42 Å². The van der Waals surface area contributed by atoms with Gasteiger partial charge in [-0.15, -0.1) is 11.3 Å². The molecule has 1 aliphatic heterocycles. The molecule has 0 unspecified atom stereocenters. The van der Waals surface area contributed by atoms with E-state index in [4.69, 9.17) is 4.98 Å². The molecule has 0 amide bonds. The summed E-state index contributed by atoms with van der Waals surface area (Å²) >= 11 is 1.23. The molecule has 1 aliphatic rings. The van der Waals surface area contributed by atoms with Gasteiger partial charge in [-0.05, 0) is 31.2 Å². The number of hydrogen-bond acceptors (Lipinski definition) is 8. The Kier molecular flexibility index (Phi) is 5.54. The van der Waals surface area contributed by atoms with Crippen molar-refractivity contribution in [3.8, 4) is 11.4 Å². The second kappa shape index (κ2) is 8.50. The van der Waals surface area contributed by atoms with Gasteiger partial charge < -0.3 is 0 Å². The molecule has 0 fully saturated rings. The number of hydrogen-bond donors (Lipinski definition) is 0. The molecule has 0 radical (unpaired) electrons. The molecule has 0 atom stereocenters. The molecule has 0 saturated carbocycles. The van der Waals surface area contributed by atoms with Gasteiger partial charge >= 0.3 is 0 Å². The molecule has 7 nitrogen and oxygen atoms in total. The average Bonchev–Trinajstić information content (AvgIpc) is 3.29. The van der Waals surface area contributed by atoms with E-state index < -0.39 is 9.84 Å². The van der Waals surface area contributed by atoms with Crippen LogP contribution in [0.15, 0.2) is 70.4 Å². The van der Waals surface area contributed by atoms with Crippen LogP contribution in [0.1, 0.15) is 21.7 Å². The Labute approximate surface area is 190 Å². The molecule has 0 spiro atoms. The fourth-order valence-corrected chi connectivity index (χ4v) is 6.29. The number of pyridine rings is 1. The van der Waals surface area contributed by atoms with Crippen molar-refractivity contribution in [2.75, 3.05) is 6.54 Å². The topological polar surface area (TPSA) is 88.9 Å². The van der Waals surface area contributed by atoms with Gasteiger partial charge in [-0.3, -0.25) is 9.88 Å². The van der Waals surface area contributed by atoms with Crippen LogP contribution in [0.4, 0.5) is 0 Å². The smallest absolute Gasteiger partial charge is 0.233 e. The van der Waals surface area contributed by atoms with Crippen molar-refractivity contribution in [1.29, 1.82) is 0 Å². The van der Waals surface area contributed by atoms with Crippen LogP contribution < -0.4 is 0 Å². The summed E-state index contributed by atoms with van der Waals surface area (Å²) in [7, 11) is -3.59. The zero-order valence-electron chi connectivity index (χ0n) is 17.5. The highest BCUT2D eigenvalue weighted by Gasteiger charge is 2.24. The predicted molar refractivity (Wildman–Crippen MR) is 122 cm³/mol. The lowest BCUT2D eigenvalue weighted by molar-refractivity contribution is 0.245. The summed E-state index contributed by atoms with van der Waals surface area (Å²) in [5, 5.41) is 0. The van der Waals surface area contributed by atoms with Gasteiger partial charge in [0.05, 0.1) is 10.6 Å². The lowest BCUT2D eigenvalue weighted by atomic mass is 10.1. The summed E-state index contributed by atoms with van der Waals surface area (Å²) in [6.07, 6.45) is 7.87. The van der Waals surface area contributed by atoms with Gasteiger partial charge in [0.25, 0.3) is 0 Å². The van der Waals surface area contributed by atoms with Gasteiger partial charge in [-0.1, -0.05) is 17.7 Å². The number of nitrogens with zero attached hydrogens (tertiary/aromatic N) is 5. The number of aromatic nitrogens is 4. The summed E-state index contributed by atoms with van der Waals surface area (Å²) in [5.74, 6) is 0.693. The Hall–Kier alpha value is -3.01. The Bertz CT molecular complexity index is 1350. The van der Waals surface area contributed by atoms with Crippen LogP contribution in [0, 0.1) is 6.92 Å². The lowest BCUT2D eigenvalue weighted by Gasteiger charge is -2.27. The van der Waals surface area contributed by atoms with Crippen LogP contribution in [0.25, 0.3) is 11.4 Å². The molecule has 162 valence electrons. The maximum absolute atomic E-state index is 12.9. The largest absolute Gasteiger partial charge is 0.293 e. The van der Waals surface area contributed by atoms with Crippen LogP contribution in [0.2, 0.25) is 0 Å². The molecule has 0 saturated heterocycles. The van der Waals surface area contributed by atoms with Gasteiger partial charge in [-0.2, -0.15) is 0 Å².